The quantitative estimate of drug-likeness (QED) is 0.224. The summed E-state index contributed by atoms with van der Waals surface area (Å²) in [6, 6.07) is 1.58. The van der Waals surface area contributed by atoms with Crippen LogP contribution in [0.25, 0.3) is 0 Å². The second kappa shape index (κ2) is 2.17. The van der Waals surface area contributed by atoms with Crippen molar-refractivity contribution in [3.63, 3.8) is 0 Å². The summed E-state index contributed by atoms with van der Waals surface area (Å²) in [6.45, 7) is 0. The number of rotatable bonds is 1. The van der Waals surface area contributed by atoms with Gasteiger partial charge in [0.1, 0.15) is 12.0 Å². The Morgan fingerprint density at radius 2 is 2.56 bits per heavy atom. The van der Waals surface area contributed by atoms with Crippen LogP contribution in [0.15, 0.2) is 22.0 Å². The van der Waals surface area contributed by atoms with E-state index in [4.69, 9.17) is 11.6 Å². The third kappa shape index (κ3) is 0.987. The average Bonchev–Trinajstić information content (AvgIpc) is 2.37. The lowest BCUT2D eigenvalue weighted by Crippen LogP contribution is -2.15. The summed E-state index contributed by atoms with van der Waals surface area (Å²) in [4.78, 5) is 0. The molecule has 0 aliphatic carbocycles. The molecule has 1 rings (SSSR count). The van der Waals surface area contributed by atoms with Crippen molar-refractivity contribution in [2.45, 2.75) is 0 Å². The molecule has 0 aliphatic rings. The molecule has 4 N–H and O–H groups in total. The fraction of sp³-hybridized carbons (Fsp3) is 0. The molecule has 0 saturated carbocycles. The summed E-state index contributed by atoms with van der Waals surface area (Å²) in [5.74, 6) is 5.01. The van der Waals surface area contributed by atoms with Gasteiger partial charge >= 0.3 is 0 Å². The lowest BCUT2D eigenvalue weighted by Gasteiger charge is -1.86. The van der Waals surface area contributed by atoms with Crippen molar-refractivity contribution >= 4 is 5.84 Å². The maximum atomic E-state index is 5.24. The number of hydrogen-bond donors (Lipinski definition) is 2. The predicted octanol–water partition coefficient (Wildman–Crippen LogP) is -0.746. The minimum Gasteiger partial charge on any atom is -0.380 e. The van der Waals surface area contributed by atoms with E-state index in [9.17, 15) is 0 Å². The van der Waals surface area contributed by atoms with E-state index >= 15 is 0 Å². The first-order valence-corrected chi connectivity index (χ1v) is 2.28. The van der Waals surface area contributed by atoms with Gasteiger partial charge in [0.05, 0.1) is 0 Å². The SMILES string of the molecule is NN=C(N)c1ccon1. The van der Waals surface area contributed by atoms with E-state index < -0.39 is 0 Å². The van der Waals surface area contributed by atoms with Gasteiger partial charge in [-0.15, -0.1) is 0 Å². The van der Waals surface area contributed by atoms with Crippen molar-refractivity contribution < 1.29 is 4.52 Å². The first-order chi connectivity index (χ1) is 4.34. The third-order valence-electron chi connectivity index (χ3n) is 0.839. The molecule has 0 atom stereocenters. The zero-order chi connectivity index (χ0) is 6.69. The zero-order valence-corrected chi connectivity index (χ0v) is 4.61. The van der Waals surface area contributed by atoms with Crippen LogP contribution in [0.1, 0.15) is 5.69 Å². The molecule has 48 valence electrons. The van der Waals surface area contributed by atoms with E-state index in [2.05, 4.69) is 14.8 Å². The van der Waals surface area contributed by atoms with Crippen molar-refractivity contribution in [2.24, 2.45) is 16.7 Å². The van der Waals surface area contributed by atoms with Crippen molar-refractivity contribution in [1.29, 1.82) is 0 Å². The third-order valence-corrected chi connectivity index (χ3v) is 0.839. The molecule has 5 nitrogen and oxygen atoms in total. The van der Waals surface area contributed by atoms with Crippen LogP contribution >= 0.6 is 0 Å². The summed E-state index contributed by atoms with van der Waals surface area (Å²) in [7, 11) is 0. The number of nitrogens with zero attached hydrogens (tertiary/aromatic N) is 2. The normalized spacial score (nSPS) is 11.8. The second-order valence-corrected chi connectivity index (χ2v) is 1.40. The molecule has 0 radical (unpaired) electrons. The molecule has 0 fully saturated rings. The van der Waals surface area contributed by atoms with E-state index in [0.29, 0.717) is 5.69 Å². The summed E-state index contributed by atoms with van der Waals surface area (Å²) >= 11 is 0. The van der Waals surface area contributed by atoms with Gasteiger partial charge in [0.25, 0.3) is 0 Å². The first-order valence-electron chi connectivity index (χ1n) is 2.28. The Labute approximate surface area is 51.3 Å². The minimum atomic E-state index is 0.170. The number of nitrogens with two attached hydrogens (primary N) is 2. The average molecular weight is 126 g/mol. The molecular weight excluding hydrogens is 120 g/mol. The molecule has 9 heavy (non-hydrogen) atoms. The van der Waals surface area contributed by atoms with E-state index in [1.807, 2.05) is 0 Å². The smallest absolute Gasteiger partial charge is 0.172 e. The molecular formula is C4H6N4O. The van der Waals surface area contributed by atoms with Crippen LogP contribution < -0.4 is 11.6 Å². The predicted molar refractivity (Wildman–Crippen MR) is 31.4 cm³/mol. The largest absolute Gasteiger partial charge is 0.380 e. The molecule has 1 heterocycles. The fourth-order valence-corrected chi connectivity index (χ4v) is 0.411. The lowest BCUT2D eigenvalue weighted by atomic mass is 10.4. The highest BCUT2D eigenvalue weighted by Gasteiger charge is 1.98. The van der Waals surface area contributed by atoms with Crippen LogP contribution in [0.3, 0.4) is 0 Å². The van der Waals surface area contributed by atoms with Crippen molar-refractivity contribution in [3.8, 4) is 0 Å². The van der Waals surface area contributed by atoms with Crippen LogP contribution in [-0.4, -0.2) is 11.0 Å². The maximum absolute atomic E-state index is 5.24. The molecule has 0 amide bonds. The molecule has 0 bridgehead atoms. The van der Waals surface area contributed by atoms with Crippen molar-refractivity contribution in [1.82, 2.24) is 5.16 Å². The minimum absolute atomic E-state index is 0.170. The Morgan fingerprint density at radius 3 is 3.00 bits per heavy atom. The van der Waals surface area contributed by atoms with Gasteiger partial charge in [-0.05, 0) is 0 Å². The number of amidine groups is 1. The topological polar surface area (TPSA) is 90.4 Å². The highest BCUT2D eigenvalue weighted by atomic mass is 16.5. The Hall–Kier alpha value is -1.52. The van der Waals surface area contributed by atoms with E-state index in [1.54, 1.807) is 6.07 Å². The van der Waals surface area contributed by atoms with Crippen molar-refractivity contribution in [3.05, 3.63) is 18.0 Å². The maximum Gasteiger partial charge on any atom is 0.172 e. The van der Waals surface area contributed by atoms with Gasteiger partial charge in [-0.25, -0.2) is 0 Å². The standard InChI is InChI=1S/C4H6N4O/c5-4(7-6)3-1-2-9-8-3/h1-2H,6H2,(H2,5,7). The van der Waals surface area contributed by atoms with E-state index in [-0.39, 0.29) is 5.84 Å². The van der Waals surface area contributed by atoms with Gasteiger partial charge in [-0.1, -0.05) is 5.16 Å². The summed E-state index contributed by atoms with van der Waals surface area (Å²) in [6.07, 6.45) is 1.40. The molecule has 0 spiro atoms. The van der Waals surface area contributed by atoms with Gasteiger partial charge in [-0.3, -0.25) is 0 Å². The molecule has 5 heteroatoms. The Balaban J connectivity index is 2.90. The Bertz CT molecular complexity index is 202. The van der Waals surface area contributed by atoms with Gasteiger partial charge in [-0.2, -0.15) is 5.10 Å². The molecule has 0 unspecified atom stereocenters. The number of hydrogen-bond acceptors (Lipinski definition) is 4. The Kier molecular flexibility index (Phi) is 1.35. The summed E-state index contributed by atoms with van der Waals surface area (Å²) < 4.78 is 4.47. The lowest BCUT2D eigenvalue weighted by molar-refractivity contribution is 0.418. The van der Waals surface area contributed by atoms with Gasteiger partial charge < -0.3 is 16.1 Å². The summed E-state index contributed by atoms with van der Waals surface area (Å²) in [5.41, 5.74) is 5.70. The summed E-state index contributed by atoms with van der Waals surface area (Å²) in [5, 5.41) is 6.68. The first kappa shape index (κ1) is 5.61. The van der Waals surface area contributed by atoms with Crippen molar-refractivity contribution in [2.75, 3.05) is 0 Å². The zero-order valence-electron chi connectivity index (χ0n) is 4.61. The van der Waals surface area contributed by atoms with E-state index in [1.165, 1.54) is 6.26 Å². The number of hydrazone groups is 1. The van der Waals surface area contributed by atoms with Crippen LogP contribution in [0.5, 0.6) is 0 Å². The Morgan fingerprint density at radius 1 is 1.78 bits per heavy atom. The van der Waals surface area contributed by atoms with Crippen LogP contribution in [0.2, 0.25) is 0 Å². The molecule has 0 aliphatic heterocycles. The molecule has 0 aromatic carbocycles. The second-order valence-electron chi connectivity index (χ2n) is 1.40. The number of aromatic nitrogens is 1. The van der Waals surface area contributed by atoms with Gasteiger partial charge in [0, 0.05) is 6.07 Å². The molecule has 1 aromatic rings. The monoisotopic (exact) mass is 126 g/mol. The van der Waals surface area contributed by atoms with Gasteiger partial charge in [0.2, 0.25) is 0 Å². The molecule has 0 saturated heterocycles. The fourth-order valence-electron chi connectivity index (χ4n) is 0.411. The highest BCUT2D eigenvalue weighted by molar-refractivity contribution is 5.95. The molecule has 1 aromatic heterocycles. The highest BCUT2D eigenvalue weighted by Crippen LogP contribution is 1.90. The van der Waals surface area contributed by atoms with Crippen LogP contribution in [0, 0.1) is 0 Å². The van der Waals surface area contributed by atoms with Crippen LogP contribution in [0.4, 0.5) is 0 Å². The van der Waals surface area contributed by atoms with Gasteiger partial charge in [0.15, 0.2) is 5.84 Å². The van der Waals surface area contributed by atoms with Crippen LogP contribution in [-0.2, 0) is 0 Å². The van der Waals surface area contributed by atoms with E-state index in [0.717, 1.165) is 0 Å².